The second-order valence-electron chi connectivity index (χ2n) is 6.80. The van der Waals surface area contributed by atoms with E-state index in [0.717, 1.165) is 5.82 Å². The van der Waals surface area contributed by atoms with Crippen LogP contribution in [0.15, 0.2) is 35.2 Å². The Morgan fingerprint density at radius 3 is 2.30 bits per heavy atom. The zero-order valence-corrected chi connectivity index (χ0v) is 16.7. The molecule has 2 heterocycles. The van der Waals surface area contributed by atoms with Gasteiger partial charge >= 0.3 is 0 Å². The van der Waals surface area contributed by atoms with E-state index in [1.54, 1.807) is 39.9 Å². The predicted molar refractivity (Wildman–Crippen MR) is 101 cm³/mol. The number of aromatic nitrogens is 3. The molecule has 0 aliphatic carbocycles. The van der Waals surface area contributed by atoms with Crippen LogP contribution in [0.5, 0.6) is 0 Å². The molecule has 146 valence electrons. The minimum absolute atomic E-state index is 0.00631. The third-order valence-electron chi connectivity index (χ3n) is 4.77. The van der Waals surface area contributed by atoms with Crippen LogP contribution in [0.25, 0.3) is 0 Å². The first kappa shape index (κ1) is 19.5. The highest BCUT2D eigenvalue weighted by atomic mass is 32.2. The maximum atomic E-state index is 12.7. The molecule has 0 unspecified atom stereocenters. The molecular formula is C18H25N5O3S. The third kappa shape index (κ3) is 4.19. The number of rotatable bonds is 5. The molecule has 0 radical (unpaired) electrons. The summed E-state index contributed by atoms with van der Waals surface area (Å²) in [5, 5.41) is 4.33. The fourth-order valence-corrected chi connectivity index (χ4v) is 4.78. The van der Waals surface area contributed by atoms with Crippen molar-refractivity contribution in [3.8, 4) is 0 Å². The smallest absolute Gasteiger partial charge is 0.243 e. The molecule has 2 aromatic rings. The van der Waals surface area contributed by atoms with Crippen LogP contribution in [0, 0.1) is 13.8 Å². The molecule has 0 bridgehead atoms. The zero-order valence-electron chi connectivity index (χ0n) is 15.9. The van der Waals surface area contributed by atoms with Gasteiger partial charge in [-0.05, 0) is 32.9 Å². The SMILES string of the molecule is Cc1nc(C)n([C@H](C)CC(=O)N2CCN(S(=O)(=O)c3ccccc3)CC2)n1. The number of hydrogen-bond acceptors (Lipinski definition) is 5. The molecule has 1 fully saturated rings. The van der Waals surface area contributed by atoms with E-state index in [9.17, 15) is 13.2 Å². The molecule has 1 atom stereocenters. The Bertz CT molecular complexity index is 902. The van der Waals surface area contributed by atoms with E-state index in [1.165, 1.54) is 4.31 Å². The average molecular weight is 391 g/mol. The molecule has 9 heteroatoms. The van der Waals surface area contributed by atoms with Crippen LogP contribution in [0.4, 0.5) is 0 Å². The summed E-state index contributed by atoms with van der Waals surface area (Å²) in [5.41, 5.74) is 0. The molecular weight excluding hydrogens is 366 g/mol. The Hall–Kier alpha value is -2.26. The molecule has 1 aliphatic rings. The number of nitrogens with zero attached hydrogens (tertiary/aromatic N) is 5. The van der Waals surface area contributed by atoms with E-state index < -0.39 is 10.0 Å². The van der Waals surface area contributed by atoms with Gasteiger partial charge in [0, 0.05) is 32.6 Å². The van der Waals surface area contributed by atoms with E-state index in [-0.39, 0.29) is 16.8 Å². The number of hydrogen-bond donors (Lipinski definition) is 0. The summed E-state index contributed by atoms with van der Waals surface area (Å²) < 4.78 is 28.6. The second kappa shape index (κ2) is 7.77. The fourth-order valence-electron chi connectivity index (χ4n) is 3.34. The first-order valence-electron chi connectivity index (χ1n) is 9.02. The van der Waals surface area contributed by atoms with Crippen LogP contribution in [-0.4, -0.2) is 64.5 Å². The molecule has 0 spiro atoms. The number of carbonyl (C=O) groups is 1. The number of amides is 1. The molecule has 8 nitrogen and oxygen atoms in total. The maximum absolute atomic E-state index is 12.7. The van der Waals surface area contributed by atoms with Crippen LogP contribution in [-0.2, 0) is 14.8 Å². The molecule has 27 heavy (non-hydrogen) atoms. The summed E-state index contributed by atoms with van der Waals surface area (Å²) in [4.78, 5) is 18.9. The largest absolute Gasteiger partial charge is 0.340 e. The maximum Gasteiger partial charge on any atom is 0.243 e. The van der Waals surface area contributed by atoms with Crippen molar-refractivity contribution >= 4 is 15.9 Å². The van der Waals surface area contributed by atoms with E-state index in [2.05, 4.69) is 10.1 Å². The molecule has 1 saturated heterocycles. The van der Waals surface area contributed by atoms with Gasteiger partial charge in [0.15, 0.2) is 0 Å². The van der Waals surface area contributed by atoms with Crippen LogP contribution in [0.2, 0.25) is 0 Å². The summed E-state index contributed by atoms with van der Waals surface area (Å²) in [6, 6.07) is 8.30. The van der Waals surface area contributed by atoms with Gasteiger partial charge in [0.2, 0.25) is 15.9 Å². The molecule has 1 amide bonds. The molecule has 1 aromatic carbocycles. The Balaban J connectivity index is 1.59. The van der Waals surface area contributed by atoms with Gasteiger partial charge in [-0.25, -0.2) is 18.1 Å². The standard InChI is InChI=1S/C18H25N5O3S/c1-14(23-16(3)19-15(2)20-23)13-18(24)21-9-11-22(12-10-21)27(25,26)17-7-5-4-6-8-17/h4-8,14H,9-13H2,1-3H3/t14-/m1/s1. The summed E-state index contributed by atoms with van der Waals surface area (Å²) >= 11 is 0. The van der Waals surface area contributed by atoms with Gasteiger partial charge in [-0.15, -0.1) is 0 Å². The van der Waals surface area contributed by atoms with Crippen molar-refractivity contribution in [2.24, 2.45) is 0 Å². The number of carbonyl (C=O) groups excluding carboxylic acids is 1. The minimum Gasteiger partial charge on any atom is -0.340 e. The van der Waals surface area contributed by atoms with Crippen molar-refractivity contribution in [2.45, 2.75) is 38.1 Å². The highest BCUT2D eigenvalue weighted by Crippen LogP contribution is 2.19. The van der Waals surface area contributed by atoms with E-state index in [0.29, 0.717) is 38.4 Å². The van der Waals surface area contributed by atoms with Gasteiger partial charge in [0.25, 0.3) is 0 Å². The Morgan fingerprint density at radius 1 is 1.11 bits per heavy atom. The van der Waals surface area contributed by atoms with E-state index in [1.807, 2.05) is 20.8 Å². The Morgan fingerprint density at radius 2 is 1.74 bits per heavy atom. The first-order chi connectivity index (χ1) is 12.8. The predicted octanol–water partition coefficient (Wildman–Crippen LogP) is 1.38. The second-order valence-corrected chi connectivity index (χ2v) is 8.74. The average Bonchev–Trinajstić information content (AvgIpc) is 3.01. The topological polar surface area (TPSA) is 88.4 Å². The summed E-state index contributed by atoms with van der Waals surface area (Å²) in [6.45, 7) is 7.03. The highest BCUT2D eigenvalue weighted by Gasteiger charge is 2.30. The third-order valence-corrected chi connectivity index (χ3v) is 6.68. The van der Waals surface area contributed by atoms with Crippen LogP contribution >= 0.6 is 0 Å². The number of sulfonamides is 1. The lowest BCUT2D eigenvalue weighted by Crippen LogP contribution is -2.50. The summed E-state index contributed by atoms with van der Waals surface area (Å²) in [7, 11) is -3.51. The lowest BCUT2D eigenvalue weighted by molar-refractivity contribution is -0.133. The molecule has 3 rings (SSSR count). The minimum atomic E-state index is -3.51. The van der Waals surface area contributed by atoms with Crippen molar-refractivity contribution in [2.75, 3.05) is 26.2 Å². The summed E-state index contributed by atoms with van der Waals surface area (Å²) in [5.74, 6) is 1.48. The Kier molecular flexibility index (Phi) is 5.61. The fraction of sp³-hybridized carbons (Fsp3) is 0.500. The van der Waals surface area contributed by atoms with Crippen LogP contribution in [0.3, 0.4) is 0 Å². The van der Waals surface area contributed by atoms with Gasteiger partial charge in [0.1, 0.15) is 11.6 Å². The molecule has 0 saturated carbocycles. The monoisotopic (exact) mass is 391 g/mol. The van der Waals surface area contributed by atoms with Crippen molar-refractivity contribution in [1.29, 1.82) is 0 Å². The summed E-state index contributed by atoms with van der Waals surface area (Å²) in [6.07, 6.45) is 0.315. The number of benzene rings is 1. The van der Waals surface area contributed by atoms with Gasteiger partial charge < -0.3 is 4.90 Å². The first-order valence-corrected chi connectivity index (χ1v) is 10.5. The number of piperazine rings is 1. The lowest BCUT2D eigenvalue weighted by Gasteiger charge is -2.34. The van der Waals surface area contributed by atoms with Crippen molar-refractivity contribution in [1.82, 2.24) is 24.0 Å². The van der Waals surface area contributed by atoms with Crippen molar-refractivity contribution < 1.29 is 13.2 Å². The molecule has 0 N–H and O–H groups in total. The van der Waals surface area contributed by atoms with E-state index in [4.69, 9.17) is 0 Å². The van der Waals surface area contributed by atoms with Gasteiger partial charge in [0.05, 0.1) is 10.9 Å². The van der Waals surface area contributed by atoms with Crippen LogP contribution < -0.4 is 0 Å². The quantitative estimate of drug-likeness (QED) is 0.768. The zero-order chi connectivity index (χ0) is 19.6. The molecule has 1 aromatic heterocycles. The lowest BCUT2D eigenvalue weighted by atomic mass is 10.2. The van der Waals surface area contributed by atoms with Gasteiger partial charge in [-0.1, -0.05) is 18.2 Å². The van der Waals surface area contributed by atoms with E-state index >= 15 is 0 Å². The number of aryl methyl sites for hydroxylation is 2. The van der Waals surface area contributed by atoms with Crippen molar-refractivity contribution in [3.63, 3.8) is 0 Å². The van der Waals surface area contributed by atoms with Crippen LogP contribution in [0.1, 0.15) is 31.0 Å². The highest BCUT2D eigenvalue weighted by molar-refractivity contribution is 7.89. The van der Waals surface area contributed by atoms with Gasteiger partial charge in [-0.3, -0.25) is 4.79 Å². The van der Waals surface area contributed by atoms with Gasteiger partial charge in [-0.2, -0.15) is 9.40 Å². The van der Waals surface area contributed by atoms with Crippen molar-refractivity contribution in [3.05, 3.63) is 42.0 Å². The normalized spacial score (nSPS) is 17.1. The Labute approximate surface area is 159 Å². The molecule has 1 aliphatic heterocycles.